The minimum atomic E-state index is 0.158. The van der Waals surface area contributed by atoms with E-state index in [-0.39, 0.29) is 6.04 Å². The first-order valence-electron chi connectivity index (χ1n) is 5.97. The molecule has 0 aliphatic rings. The van der Waals surface area contributed by atoms with Crippen LogP contribution in [0.4, 0.5) is 0 Å². The van der Waals surface area contributed by atoms with Crippen molar-refractivity contribution in [1.29, 1.82) is 0 Å². The lowest BCUT2D eigenvalue weighted by atomic mass is 10.1. The molecule has 1 atom stereocenters. The van der Waals surface area contributed by atoms with E-state index in [2.05, 4.69) is 31.1 Å². The maximum Gasteiger partial charge on any atom is 0.167 e. The predicted molar refractivity (Wildman–Crippen MR) is 68.6 cm³/mol. The van der Waals surface area contributed by atoms with Crippen molar-refractivity contribution < 1.29 is 4.52 Å². The molecule has 90 valence electrons. The third kappa shape index (κ3) is 2.94. The van der Waals surface area contributed by atoms with Crippen molar-refractivity contribution in [2.45, 2.75) is 32.7 Å². The van der Waals surface area contributed by atoms with Crippen LogP contribution in [0.2, 0.25) is 0 Å². The van der Waals surface area contributed by atoms with Gasteiger partial charge in [0.05, 0.1) is 5.69 Å². The van der Waals surface area contributed by atoms with Gasteiger partial charge in [-0.3, -0.25) is 0 Å². The summed E-state index contributed by atoms with van der Waals surface area (Å²) in [6, 6.07) is 10.3. The van der Waals surface area contributed by atoms with Crippen LogP contribution in [0, 0.1) is 6.92 Å². The molecule has 1 unspecified atom stereocenters. The zero-order chi connectivity index (χ0) is 12.3. The van der Waals surface area contributed by atoms with Crippen molar-refractivity contribution in [3.8, 4) is 11.3 Å². The molecular weight excluding hydrogens is 212 g/mol. The third-order valence-electron chi connectivity index (χ3n) is 2.89. The van der Waals surface area contributed by atoms with E-state index in [0.717, 1.165) is 29.9 Å². The van der Waals surface area contributed by atoms with Gasteiger partial charge in [-0.1, -0.05) is 41.9 Å². The summed E-state index contributed by atoms with van der Waals surface area (Å²) in [6.45, 7) is 4.14. The van der Waals surface area contributed by atoms with Crippen LogP contribution >= 0.6 is 0 Å². The molecule has 1 aromatic heterocycles. The van der Waals surface area contributed by atoms with Gasteiger partial charge >= 0.3 is 0 Å². The lowest BCUT2D eigenvalue weighted by Gasteiger charge is -2.03. The molecule has 0 saturated carbocycles. The highest BCUT2D eigenvalue weighted by Gasteiger charge is 2.09. The quantitative estimate of drug-likeness (QED) is 0.878. The van der Waals surface area contributed by atoms with E-state index in [0.29, 0.717) is 0 Å². The van der Waals surface area contributed by atoms with Gasteiger partial charge in [-0.15, -0.1) is 0 Å². The van der Waals surface area contributed by atoms with Crippen LogP contribution in [-0.2, 0) is 6.42 Å². The van der Waals surface area contributed by atoms with E-state index < -0.39 is 0 Å². The van der Waals surface area contributed by atoms with E-state index >= 15 is 0 Å². The van der Waals surface area contributed by atoms with Crippen LogP contribution in [-0.4, -0.2) is 11.2 Å². The highest BCUT2D eigenvalue weighted by atomic mass is 16.5. The Kier molecular flexibility index (Phi) is 3.59. The number of benzene rings is 1. The van der Waals surface area contributed by atoms with Crippen molar-refractivity contribution in [2.75, 3.05) is 0 Å². The van der Waals surface area contributed by atoms with E-state index in [1.165, 1.54) is 5.56 Å². The summed E-state index contributed by atoms with van der Waals surface area (Å²) in [5.74, 6) is 0.809. The first-order valence-corrected chi connectivity index (χ1v) is 5.97. The Bertz CT molecular complexity index is 473. The lowest BCUT2D eigenvalue weighted by Crippen LogP contribution is -2.21. The minimum absolute atomic E-state index is 0.158. The van der Waals surface area contributed by atoms with Gasteiger partial charge in [-0.2, -0.15) is 0 Å². The molecule has 17 heavy (non-hydrogen) atoms. The van der Waals surface area contributed by atoms with Gasteiger partial charge in [0, 0.05) is 24.1 Å². The molecule has 0 fully saturated rings. The number of nitrogens with two attached hydrogens (primary N) is 1. The fraction of sp³-hybridized carbons (Fsp3) is 0.357. The predicted octanol–water partition coefficient (Wildman–Crippen LogP) is 2.93. The first-order chi connectivity index (χ1) is 8.19. The lowest BCUT2D eigenvalue weighted by molar-refractivity contribution is 0.419. The van der Waals surface area contributed by atoms with Crippen molar-refractivity contribution in [3.05, 3.63) is 41.6 Å². The Labute approximate surface area is 102 Å². The molecule has 0 saturated heterocycles. The number of aryl methyl sites for hydroxylation is 1. The fourth-order valence-corrected chi connectivity index (χ4v) is 1.67. The smallest absolute Gasteiger partial charge is 0.167 e. The maximum absolute atomic E-state index is 5.89. The van der Waals surface area contributed by atoms with Gasteiger partial charge in [0.15, 0.2) is 5.76 Å². The SMILES string of the molecule is CCC(N)Cc1cc(-c2ccc(C)cc2)on1. The van der Waals surface area contributed by atoms with Gasteiger partial charge < -0.3 is 10.3 Å². The van der Waals surface area contributed by atoms with Crippen LogP contribution in [0.25, 0.3) is 11.3 Å². The van der Waals surface area contributed by atoms with Crippen molar-refractivity contribution in [1.82, 2.24) is 5.16 Å². The number of hydrogen-bond donors (Lipinski definition) is 1. The second-order valence-electron chi connectivity index (χ2n) is 4.42. The molecule has 0 radical (unpaired) electrons. The van der Waals surface area contributed by atoms with Crippen LogP contribution in [0.15, 0.2) is 34.9 Å². The molecule has 0 aliphatic carbocycles. The number of aromatic nitrogens is 1. The highest BCUT2D eigenvalue weighted by Crippen LogP contribution is 2.21. The van der Waals surface area contributed by atoms with E-state index in [1.54, 1.807) is 0 Å². The first kappa shape index (κ1) is 11.9. The number of hydrogen-bond acceptors (Lipinski definition) is 3. The molecule has 0 aliphatic heterocycles. The van der Waals surface area contributed by atoms with E-state index in [4.69, 9.17) is 10.3 Å². The van der Waals surface area contributed by atoms with Crippen LogP contribution in [0.1, 0.15) is 24.6 Å². The van der Waals surface area contributed by atoms with Gasteiger partial charge in [0.25, 0.3) is 0 Å². The molecular formula is C14H18N2O. The normalized spacial score (nSPS) is 12.6. The van der Waals surface area contributed by atoms with Crippen LogP contribution in [0.3, 0.4) is 0 Å². The Morgan fingerprint density at radius 3 is 2.65 bits per heavy atom. The van der Waals surface area contributed by atoms with Crippen molar-refractivity contribution >= 4 is 0 Å². The molecule has 1 heterocycles. The summed E-state index contributed by atoms with van der Waals surface area (Å²) >= 11 is 0. The van der Waals surface area contributed by atoms with Gasteiger partial charge in [0.2, 0.25) is 0 Å². The number of rotatable bonds is 4. The average molecular weight is 230 g/mol. The van der Waals surface area contributed by atoms with Crippen molar-refractivity contribution in [2.24, 2.45) is 5.73 Å². The van der Waals surface area contributed by atoms with Crippen LogP contribution in [0.5, 0.6) is 0 Å². The zero-order valence-electron chi connectivity index (χ0n) is 10.3. The molecule has 2 rings (SSSR count). The largest absolute Gasteiger partial charge is 0.356 e. The highest BCUT2D eigenvalue weighted by molar-refractivity contribution is 5.57. The summed E-state index contributed by atoms with van der Waals surface area (Å²) in [5.41, 5.74) is 9.11. The summed E-state index contributed by atoms with van der Waals surface area (Å²) in [4.78, 5) is 0. The monoisotopic (exact) mass is 230 g/mol. The maximum atomic E-state index is 5.89. The van der Waals surface area contributed by atoms with Crippen molar-refractivity contribution in [3.63, 3.8) is 0 Å². The Hall–Kier alpha value is -1.61. The summed E-state index contributed by atoms with van der Waals surface area (Å²) in [7, 11) is 0. The molecule has 1 aromatic carbocycles. The number of nitrogens with zero attached hydrogens (tertiary/aromatic N) is 1. The van der Waals surface area contributed by atoms with E-state index in [1.807, 2.05) is 18.2 Å². The summed E-state index contributed by atoms with van der Waals surface area (Å²) < 4.78 is 5.33. The molecule has 3 heteroatoms. The zero-order valence-corrected chi connectivity index (χ0v) is 10.3. The van der Waals surface area contributed by atoms with Gasteiger partial charge in [0.1, 0.15) is 0 Å². The Balaban J connectivity index is 2.15. The van der Waals surface area contributed by atoms with Crippen LogP contribution < -0.4 is 5.73 Å². The molecule has 0 bridgehead atoms. The fourth-order valence-electron chi connectivity index (χ4n) is 1.67. The topological polar surface area (TPSA) is 52.0 Å². The second kappa shape index (κ2) is 5.15. The standard InChI is InChI=1S/C14H18N2O/c1-3-12(15)8-13-9-14(17-16-13)11-6-4-10(2)5-7-11/h4-7,9,12H,3,8,15H2,1-2H3. The summed E-state index contributed by atoms with van der Waals surface area (Å²) in [5, 5.41) is 4.05. The summed E-state index contributed by atoms with van der Waals surface area (Å²) in [6.07, 6.45) is 1.72. The molecule has 0 amide bonds. The molecule has 2 aromatic rings. The third-order valence-corrected chi connectivity index (χ3v) is 2.89. The van der Waals surface area contributed by atoms with Gasteiger partial charge in [-0.05, 0) is 13.3 Å². The molecule has 3 nitrogen and oxygen atoms in total. The molecule has 2 N–H and O–H groups in total. The molecule has 0 spiro atoms. The van der Waals surface area contributed by atoms with Gasteiger partial charge in [-0.25, -0.2) is 0 Å². The average Bonchev–Trinajstić information content (AvgIpc) is 2.78. The van der Waals surface area contributed by atoms with E-state index in [9.17, 15) is 0 Å². The minimum Gasteiger partial charge on any atom is -0.356 e. The second-order valence-corrected chi connectivity index (χ2v) is 4.42. The Morgan fingerprint density at radius 2 is 2.00 bits per heavy atom. The Morgan fingerprint density at radius 1 is 1.29 bits per heavy atom.